The van der Waals surface area contributed by atoms with Gasteiger partial charge in [0, 0.05) is 7.05 Å². The Labute approximate surface area is 170 Å². The molecule has 9 heteroatoms. The van der Waals surface area contributed by atoms with Crippen molar-refractivity contribution in [3.05, 3.63) is 92.4 Å². The maximum absolute atomic E-state index is 13.3. The number of halogens is 1. The van der Waals surface area contributed by atoms with E-state index in [4.69, 9.17) is 0 Å². The fourth-order valence-electron chi connectivity index (χ4n) is 3.12. The first-order valence-corrected chi connectivity index (χ1v) is 9.24. The zero-order chi connectivity index (χ0) is 21.3. The zero-order valence-corrected chi connectivity index (χ0v) is 16.4. The Kier molecular flexibility index (Phi) is 5.01. The van der Waals surface area contributed by atoms with Crippen LogP contribution in [0.3, 0.4) is 0 Å². The minimum atomic E-state index is -0.561. The molecule has 0 bridgehead atoms. The van der Waals surface area contributed by atoms with E-state index in [1.165, 1.54) is 23.7 Å². The molecule has 4 aromatic rings. The van der Waals surface area contributed by atoms with E-state index in [0.29, 0.717) is 0 Å². The highest BCUT2D eigenvalue weighted by molar-refractivity contribution is 5.99. The van der Waals surface area contributed by atoms with Crippen LogP contribution in [-0.4, -0.2) is 24.8 Å². The van der Waals surface area contributed by atoms with E-state index in [2.05, 4.69) is 20.5 Å². The molecule has 0 atom stereocenters. The Balaban J connectivity index is 1.82. The third-order valence-corrected chi connectivity index (χ3v) is 4.78. The summed E-state index contributed by atoms with van der Waals surface area (Å²) < 4.78 is 16.2. The van der Waals surface area contributed by atoms with Crippen LogP contribution in [0, 0.1) is 5.82 Å². The smallest absolute Gasteiger partial charge is 0.298 e. The van der Waals surface area contributed by atoms with Crippen LogP contribution in [-0.2, 0) is 13.6 Å². The zero-order valence-electron chi connectivity index (χ0n) is 16.4. The molecule has 0 aliphatic heterocycles. The molecule has 2 aromatic heterocycles. The van der Waals surface area contributed by atoms with Crippen LogP contribution < -0.4 is 16.7 Å². The Hall–Kier alpha value is -4.01. The lowest BCUT2D eigenvalue weighted by Crippen LogP contribution is -2.29. The summed E-state index contributed by atoms with van der Waals surface area (Å²) in [4.78, 5) is 31.2. The Bertz CT molecular complexity index is 1350. The summed E-state index contributed by atoms with van der Waals surface area (Å²) in [5, 5.41) is 4.38. The van der Waals surface area contributed by atoms with E-state index in [0.717, 1.165) is 16.8 Å². The van der Waals surface area contributed by atoms with Crippen molar-refractivity contribution in [2.75, 3.05) is 5.43 Å². The molecule has 0 aliphatic carbocycles. The summed E-state index contributed by atoms with van der Waals surface area (Å²) in [6, 6.07) is 15.5. The van der Waals surface area contributed by atoms with Gasteiger partial charge in [0.05, 0.1) is 12.3 Å². The highest BCUT2D eigenvalue weighted by Gasteiger charge is 2.17. The number of hydrogen-bond acceptors (Lipinski definition) is 5. The van der Waals surface area contributed by atoms with Crippen LogP contribution in [0.15, 0.2) is 69.3 Å². The second kappa shape index (κ2) is 7.78. The Morgan fingerprint density at radius 2 is 1.83 bits per heavy atom. The number of aromatic amines is 1. The van der Waals surface area contributed by atoms with Gasteiger partial charge in [-0.1, -0.05) is 42.5 Å². The quantitative estimate of drug-likeness (QED) is 0.393. The van der Waals surface area contributed by atoms with Crippen LogP contribution in [0.2, 0.25) is 0 Å². The van der Waals surface area contributed by atoms with E-state index in [1.807, 2.05) is 37.3 Å². The number of rotatable bonds is 5. The Morgan fingerprint density at radius 1 is 1.13 bits per heavy atom. The van der Waals surface area contributed by atoms with Crippen molar-refractivity contribution in [1.29, 1.82) is 0 Å². The van der Waals surface area contributed by atoms with Gasteiger partial charge in [0.1, 0.15) is 5.82 Å². The van der Waals surface area contributed by atoms with Crippen LogP contribution >= 0.6 is 0 Å². The maximum Gasteiger partial charge on any atom is 0.329 e. The number of fused-ring (bicyclic) bond motifs is 1. The van der Waals surface area contributed by atoms with Crippen molar-refractivity contribution in [3.63, 3.8) is 0 Å². The summed E-state index contributed by atoms with van der Waals surface area (Å²) in [6.45, 7) is 2.08. The predicted molar refractivity (Wildman–Crippen MR) is 113 cm³/mol. The molecule has 8 nitrogen and oxygen atoms in total. The number of nitrogens with zero attached hydrogens (tertiary/aromatic N) is 4. The molecular weight excluding hydrogens is 387 g/mol. The average molecular weight is 406 g/mol. The third kappa shape index (κ3) is 3.64. The summed E-state index contributed by atoms with van der Waals surface area (Å²) in [7, 11) is 1.53. The molecule has 0 saturated carbocycles. The molecule has 0 unspecified atom stereocenters. The molecule has 152 valence electrons. The van der Waals surface area contributed by atoms with Gasteiger partial charge in [-0.2, -0.15) is 10.1 Å². The average Bonchev–Trinajstić information content (AvgIpc) is 3.11. The number of imidazole rings is 1. The molecule has 0 aliphatic rings. The van der Waals surface area contributed by atoms with Crippen molar-refractivity contribution in [3.8, 4) is 0 Å². The van der Waals surface area contributed by atoms with Crippen molar-refractivity contribution in [2.24, 2.45) is 12.1 Å². The molecule has 0 fully saturated rings. The van der Waals surface area contributed by atoms with Crippen LogP contribution in [0.25, 0.3) is 11.2 Å². The molecule has 0 saturated heterocycles. The predicted octanol–water partition coefficient (Wildman–Crippen LogP) is 2.45. The minimum absolute atomic E-state index is 0.219. The fourth-order valence-corrected chi connectivity index (χ4v) is 3.12. The van der Waals surface area contributed by atoms with Gasteiger partial charge in [-0.3, -0.25) is 18.9 Å². The summed E-state index contributed by atoms with van der Waals surface area (Å²) in [5.74, 6) is -0.0628. The highest BCUT2D eigenvalue weighted by atomic mass is 19.1. The molecule has 2 N–H and O–H groups in total. The second-order valence-electron chi connectivity index (χ2n) is 6.81. The lowest BCUT2D eigenvalue weighted by Gasteiger charge is -2.09. The molecule has 2 heterocycles. The summed E-state index contributed by atoms with van der Waals surface area (Å²) in [6.07, 6.45) is 0. The van der Waals surface area contributed by atoms with Gasteiger partial charge in [0.2, 0.25) is 5.95 Å². The van der Waals surface area contributed by atoms with Crippen molar-refractivity contribution in [1.82, 2.24) is 19.1 Å². The summed E-state index contributed by atoms with van der Waals surface area (Å²) >= 11 is 0. The molecule has 30 heavy (non-hydrogen) atoms. The fraction of sp³-hybridized carbons (Fsp3) is 0.143. The lowest BCUT2D eigenvalue weighted by atomic mass is 10.1. The first-order valence-electron chi connectivity index (χ1n) is 9.24. The van der Waals surface area contributed by atoms with E-state index in [1.54, 1.807) is 16.7 Å². The third-order valence-electron chi connectivity index (χ3n) is 4.78. The number of H-pyrrole nitrogens is 1. The first-order chi connectivity index (χ1) is 14.4. The molecular formula is C21H19FN6O2. The van der Waals surface area contributed by atoms with Gasteiger partial charge in [0.25, 0.3) is 5.56 Å². The van der Waals surface area contributed by atoms with Gasteiger partial charge < -0.3 is 0 Å². The highest BCUT2D eigenvalue weighted by Crippen LogP contribution is 2.18. The minimum Gasteiger partial charge on any atom is -0.298 e. The van der Waals surface area contributed by atoms with Crippen LogP contribution in [0.5, 0.6) is 0 Å². The van der Waals surface area contributed by atoms with Crippen molar-refractivity contribution in [2.45, 2.75) is 13.5 Å². The largest absolute Gasteiger partial charge is 0.329 e. The molecule has 4 rings (SSSR count). The standard InChI is InChI=1S/C21H19FN6O2/c1-13(15-6-4-3-5-7-15)25-26-20-23-18-17(19(29)24-21(30)27(18)2)28(20)12-14-8-10-16(22)11-9-14/h3-11H,12H2,1-2H3,(H,23,26)(H,24,29,30). The normalized spacial score (nSPS) is 11.8. The number of aryl methyl sites for hydroxylation is 1. The van der Waals surface area contributed by atoms with Gasteiger partial charge >= 0.3 is 5.69 Å². The monoisotopic (exact) mass is 406 g/mol. The second-order valence-corrected chi connectivity index (χ2v) is 6.81. The molecule has 0 spiro atoms. The van der Waals surface area contributed by atoms with E-state index >= 15 is 0 Å². The van der Waals surface area contributed by atoms with E-state index in [9.17, 15) is 14.0 Å². The van der Waals surface area contributed by atoms with E-state index < -0.39 is 11.2 Å². The van der Waals surface area contributed by atoms with Gasteiger partial charge in [-0.15, -0.1) is 0 Å². The Morgan fingerprint density at radius 3 is 2.53 bits per heavy atom. The number of nitrogens with one attached hydrogen (secondary N) is 2. The van der Waals surface area contributed by atoms with Crippen LogP contribution in [0.1, 0.15) is 18.1 Å². The maximum atomic E-state index is 13.3. The number of aromatic nitrogens is 4. The van der Waals surface area contributed by atoms with Gasteiger partial charge in [-0.05, 0) is 30.2 Å². The number of benzene rings is 2. The molecule has 2 aromatic carbocycles. The number of hydrazone groups is 1. The van der Waals surface area contributed by atoms with E-state index in [-0.39, 0.29) is 29.5 Å². The number of anilines is 1. The first kappa shape index (κ1) is 19.3. The summed E-state index contributed by atoms with van der Waals surface area (Å²) in [5.41, 5.74) is 4.64. The SMILES string of the molecule is CC(=NNc1nc2c(c(=O)[nH]c(=O)n2C)n1Cc1ccc(F)cc1)c1ccccc1. The van der Waals surface area contributed by atoms with Crippen molar-refractivity contribution >= 4 is 22.8 Å². The lowest BCUT2D eigenvalue weighted by molar-refractivity contribution is 0.626. The van der Waals surface area contributed by atoms with Gasteiger partial charge in [0.15, 0.2) is 11.2 Å². The topological polar surface area (TPSA) is 97.1 Å². The number of hydrogen-bond donors (Lipinski definition) is 2. The van der Waals surface area contributed by atoms with Crippen LogP contribution in [0.4, 0.5) is 10.3 Å². The van der Waals surface area contributed by atoms with Gasteiger partial charge in [-0.25, -0.2) is 14.6 Å². The molecule has 0 radical (unpaired) electrons. The molecule has 0 amide bonds. The van der Waals surface area contributed by atoms with Crippen molar-refractivity contribution < 1.29 is 4.39 Å².